The largest absolute Gasteiger partial charge is 0.439 e. The summed E-state index contributed by atoms with van der Waals surface area (Å²) in [6.07, 6.45) is 0. The number of hydrogen-bond donors (Lipinski definition) is 3. The van der Waals surface area contributed by atoms with Crippen LogP contribution in [0.15, 0.2) is 30.3 Å². The van der Waals surface area contributed by atoms with Crippen LogP contribution in [0.25, 0.3) is 0 Å². The highest BCUT2D eigenvalue weighted by Gasteiger charge is 2.03. The van der Waals surface area contributed by atoms with E-state index < -0.39 is 0 Å². The first kappa shape index (κ1) is 12.3. The van der Waals surface area contributed by atoms with Gasteiger partial charge in [-0.1, -0.05) is 12.1 Å². The molecule has 0 aliphatic heterocycles. The molecule has 0 saturated heterocycles. The van der Waals surface area contributed by atoms with E-state index in [9.17, 15) is 0 Å². The summed E-state index contributed by atoms with van der Waals surface area (Å²) < 4.78 is 5.57. The molecule has 0 atom stereocenters. The van der Waals surface area contributed by atoms with E-state index in [2.05, 4.69) is 15.4 Å². The summed E-state index contributed by atoms with van der Waals surface area (Å²) in [5.41, 5.74) is 3.27. The van der Waals surface area contributed by atoms with Crippen LogP contribution >= 0.6 is 0 Å². The van der Waals surface area contributed by atoms with Gasteiger partial charge in [0.15, 0.2) is 0 Å². The number of rotatable bonds is 4. The first-order valence-corrected chi connectivity index (χ1v) is 5.41. The molecule has 0 amide bonds. The van der Waals surface area contributed by atoms with Crippen molar-refractivity contribution in [3.05, 3.63) is 41.7 Å². The fraction of sp³-hybridized carbons (Fsp3) is 0.167. The number of hydrogen-bond acceptors (Lipinski definition) is 6. The molecule has 0 saturated carbocycles. The Morgan fingerprint density at radius 2 is 2.00 bits per heavy atom. The Balaban J connectivity index is 2.19. The van der Waals surface area contributed by atoms with Crippen LogP contribution in [0.5, 0.6) is 11.6 Å². The summed E-state index contributed by atoms with van der Waals surface area (Å²) in [5, 5.41) is 8.94. The molecule has 4 N–H and O–H groups in total. The quantitative estimate of drug-likeness (QED) is 0.557. The minimum absolute atomic E-state index is 0.00807. The fourth-order valence-corrected chi connectivity index (χ4v) is 1.45. The van der Waals surface area contributed by atoms with Crippen LogP contribution in [-0.2, 0) is 6.61 Å². The summed E-state index contributed by atoms with van der Waals surface area (Å²) in [6, 6.07) is 8.70. The zero-order valence-electron chi connectivity index (χ0n) is 9.92. The van der Waals surface area contributed by atoms with Crippen molar-refractivity contribution >= 4 is 5.82 Å². The minimum Gasteiger partial charge on any atom is -0.439 e. The molecule has 2 aromatic rings. The zero-order valence-corrected chi connectivity index (χ0v) is 9.92. The highest BCUT2D eigenvalue weighted by atomic mass is 16.5. The maximum atomic E-state index is 8.94. The van der Waals surface area contributed by atoms with Crippen molar-refractivity contribution in [1.29, 1.82) is 0 Å². The number of aliphatic hydroxyl groups is 1. The Hall–Kier alpha value is -2.18. The molecular formula is C12H14N4O2. The standard InChI is InChI=1S/C12H14N4O2/c1-8-14-11(16-13)6-12(15-8)18-10-4-2-9(7-17)3-5-10/h2-6,17H,7,13H2,1H3,(H,14,15,16). The van der Waals surface area contributed by atoms with Gasteiger partial charge in [0.2, 0.25) is 5.88 Å². The van der Waals surface area contributed by atoms with E-state index in [0.29, 0.717) is 23.3 Å². The minimum atomic E-state index is 0.00807. The van der Waals surface area contributed by atoms with Crippen molar-refractivity contribution < 1.29 is 9.84 Å². The SMILES string of the molecule is Cc1nc(NN)cc(Oc2ccc(CO)cc2)n1. The number of aryl methyl sites for hydroxylation is 1. The van der Waals surface area contributed by atoms with Crippen molar-refractivity contribution in [2.75, 3.05) is 5.43 Å². The molecule has 6 nitrogen and oxygen atoms in total. The Morgan fingerprint density at radius 3 is 2.61 bits per heavy atom. The summed E-state index contributed by atoms with van der Waals surface area (Å²) in [6.45, 7) is 1.76. The number of benzene rings is 1. The predicted molar refractivity (Wildman–Crippen MR) is 67.0 cm³/mol. The number of ether oxygens (including phenoxy) is 1. The second kappa shape index (κ2) is 5.44. The van der Waals surface area contributed by atoms with Crippen LogP contribution in [0.4, 0.5) is 5.82 Å². The lowest BCUT2D eigenvalue weighted by Crippen LogP contribution is -2.09. The van der Waals surface area contributed by atoms with E-state index in [1.54, 1.807) is 37.3 Å². The third-order valence-electron chi connectivity index (χ3n) is 2.29. The number of aromatic nitrogens is 2. The molecule has 0 spiro atoms. The Bertz CT molecular complexity index is 528. The van der Waals surface area contributed by atoms with Crippen molar-refractivity contribution in [1.82, 2.24) is 9.97 Å². The first-order chi connectivity index (χ1) is 8.71. The maximum absolute atomic E-state index is 8.94. The lowest BCUT2D eigenvalue weighted by molar-refractivity contribution is 0.281. The van der Waals surface area contributed by atoms with Crippen molar-refractivity contribution in [3.8, 4) is 11.6 Å². The molecule has 0 unspecified atom stereocenters. The van der Waals surface area contributed by atoms with Gasteiger partial charge >= 0.3 is 0 Å². The lowest BCUT2D eigenvalue weighted by atomic mass is 10.2. The molecule has 18 heavy (non-hydrogen) atoms. The molecule has 6 heteroatoms. The number of nitrogen functional groups attached to an aromatic ring is 1. The Kier molecular flexibility index (Phi) is 3.71. The van der Waals surface area contributed by atoms with Gasteiger partial charge < -0.3 is 15.3 Å². The van der Waals surface area contributed by atoms with Crippen LogP contribution in [0.1, 0.15) is 11.4 Å². The van der Waals surface area contributed by atoms with Crippen molar-refractivity contribution in [2.24, 2.45) is 5.84 Å². The van der Waals surface area contributed by atoms with Gasteiger partial charge in [0.1, 0.15) is 17.4 Å². The van der Waals surface area contributed by atoms with Gasteiger partial charge in [-0.15, -0.1) is 0 Å². The predicted octanol–water partition coefficient (Wildman–Crippen LogP) is 1.36. The highest BCUT2D eigenvalue weighted by molar-refractivity contribution is 5.39. The average Bonchev–Trinajstić information content (AvgIpc) is 2.39. The highest BCUT2D eigenvalue weighted by Crippen LogP contribution is 2.21. The van der Waals surface area contributed by atoms with Crippen LogP contribution in [-0.4, -0.2) is 15.1 Å². The monoisotopic (exact) mass is 246 g/mol. The van der Waals surface area contributed by atoms with E-state index in [0.717, 1.165) is 5.56 Å². The van der Waals surface area contributed by atoms with E-state index in [1.807, 2.05) is 0 Å². The summed E-state index contributed by atoms with van der Waals surface area (Å²) >= 11 is 0. The second-order valence-corrected chi connectivity index (χ2v) is 3.69. The number of nitrogens with one attached hydrogen (secondary N) is 1. The normalized spacial score (nSPS) is 10.2. The number of nitrogens with zero attached hydrogens (tertiary/aromatic N) is 2. The smallest absolute Gasteiger partial charge is 0.224 e. The van der Waals surface area contributed by atoms with Crippen LogP contribution in [0.2, 0.25) is 0 Å². The number of hydrazine groups is 1. The molecule has 0 radical (unpaired) electrons. The van der Waals surface area contributed by atoms with Gasteiger partial charge in [0, 0.05) is 6.07 Å². The van der Waals surface area contributed by atoms with Gasteiger partial charge in [-0.05, 0) is 24.6 Å². The van der Waals surface area contributed by atoms with Crippen LogP contribution < -0.4 is 16.0 Å². The molecule has 2 rings (SSSR count). The molecule has 0 bridgehead atoms. The van der Waals surface area contributed by atoms with Crippen molar-refractivity contribution in [3.63, 3.8) is 0 Å². The van der Waals surface area contributed by atoms with E-state index in [-0.39, 0.29) is 6.61 Å². The number of aliphatic hydroxyl groups excluding tert-OH is 1. The van der Waals surface area contributed by atoms with Crippen LogP contribution in [0.3, 0.4) is 0 Å². The topological polar surface area (TPSA) is 93.3 Å². The van der Waals surface area contributed by atoms with Gasteiger partial charge in [-0.2, -0.15) is 4.98 Å². The summed E-state index contributed by atoms with van der Waals surface area (Å²) in [4.78, 5) is 8.20. The van der Waals surface area contributed by atoms with E-state index >= 15 is 0 Å². The molecule has 1 heterocycles. The van der Waals surface area contributed by atoms with Crippen molar-refractivity contribution in [2.45, 2.75) is 13.5 Å². The molecule has 1 aromatic carbocycles. The van der Waals surface area contributed by atoms with Gasteiger partial charge in [-0.25, -0.2) is 10.8 Å². The third-order valence-corrected chi connectivity index (χ3v) is 2.29. The molecule has 0 fully saturated rings. The first-order valence-electron chi connectivity index (χ1n) is 5.41. The Labute approximate surface area is 104 Å². The van der Waals surface area contributed by atoms with E-state index in [4.69, 9.17) is 15.7 Å². The average molecular weight is 246 g/mol. The fourth-order valence-electron chi connectivity index (χ4n) is 1.45. The molecular weight excluding hydrogens is 232 g/mol. The van der Waals surface area contributed by atoms with E-state index in [1.165, 1.54) is 0 Å². The molecule has 0 aliphatic rings. The van der Waals surface area contributed by atoms with Crippen LogP contribution in [0, 0.1) is 6.92 Å². The molecule has 0 aliphatic carbocycles. The zero-order chi connectivity index (χ0) is 13.0. The number of anilines is 1. The maximum Gasteiger partial charge on any atom is 0.224 e. The van der Waals surface area contributed by atoms with Gasteiger partial charge in [0.05, 0.1) is 6.61 Å². The molecule has 94 valence electrons. The van der Waals surface area contributed by atoms with Gasteiger partial charge in [-0.3, -0.25) is 0 Å². The molecule has 1 aromatic heterocycles. The third kappa shape index (κ3) is 2.93. The summed E-state index contributed by atoms with van der Waals surface area (Å²) in [5.74, 6) is 7.39. The Morgan fingerprint density at radius 1 is 1.28 bits per heavy atom. The van der Waals surface area contributed by atoms with Gasteiger partial charge in [0.25, 0.3) is 0 Å². The summed E-state index contributed by atoms with van der Waals surface area (Å²) in [7, 11) is 0. The number of nitrogens with two attached hydrogens (primary N) is 1. The lowest BCUT2D eigenvalue weighted by Gasteiger charge is -2.07. The second-order valence-electron chi connectivity index (χ2n) is 3.69.